The van der Waals surface area contributed by atoms with Crippen LogP contribution in [0.25, 0.3) is 0 Å². The molecule has 0 saturated carbocycles. The maximum Gasteiger partial charge on any atom is 0.197 e. The van der Waals surface area contributed by atoms with Crippen LogP contribution in [0.1, 0.15) is 21.5 Å². The number of carbonyl (C=O) groups excluding carboxylic acids is 1. The molecule has 0 aliphatic rings. The van der Waals surface area contributed by atoms with Gasteiger partial charge in [-0.3, -0.25) is 4.79 Å². The van der Waals surface area contributed by atoms with Gasteiger partial charge in [-0.05, 0) is 42.8 Å². The minimum absolute atomic E-state index is 0.0648. The molecule has 0 saturated heterocycles. The van der Waals surface area contributed by atoms with Gasteiger partial charge in [-0.15, -0.1) is 0 Å². The lowest BCUT2D eigenvalue weighted by atomic mass is 10.0. The number of methoxy groups -OCH3 is 1. The zero-order valence-corrected chi connectivity index (χ0v) is 13.7. The van der Waals surface area contributed by atoms with E-state index in [1.807, 2.05) is 31.2 Å². The molecule has 4 heteroatoms. The summed E-state index contributed by atoms with van der Waals surface area (Å²) in [7, 11) is 1.56. The van der Waals surface area contributed by atoms with Crippen LogP contribution in [0, 0.1) is 6.92 Å². The molecule has 0 spiro atoms. The SMILES string of the molecule is COc1ccc(Br)cc1C(=O)c1ccc(C)cc1Br. The maximum absolute atomic E-state index is 12.6. The molecule has 0 heterocycles. The van der Waals surface area contributed by atoms with Crippen molar-refractivity contribution in [2.24, 2.45) is 0 Å². The fraction of sp³-hybridized carbons (Fsp3) is 0.133. The fourth-order valence-corrected chi connectivity index (χ4v) is 2.84. The Kier molecular flexibility index (Phi) is 4.42. The Bertz CT molecular complexity index is 636. The largest absolute Gasteiger partial charge is 0.496 e. The van der Waals surface area contributed by atoms with Gasteiger partial charge in [0.1, 0.15) is 5.75 Å². The summed E-state index contributed by atoms with van der Waals surface area (Å²) in [6.45, 7) is 1.98. The monoisotopic (exact) mass is 382 g/mol. The number of benzene rings is 2. The van der Waals surface area contributed by atoms with Crippen molar-refractivity contribution < 1.29 is 9.53 Å². The minimum atomic E-state index is -0.0648. The summed E-state index contributed by atoms with van der Waals surface area (Å²) >= 11 is 6.81. The van der Waals surface area contributed by atoms with Gasteiger partial charge in [0.2, 0.25) is 0 Å². The Morgan fingerprint density at radius 3 is 2.42 bits per heavy atom. The van der Waals surface area contributed by atoms with Gasteiger partial charge in [-0.2, -0.15) is 0 Å². The van der Waals surface area contributed by atoms with Crippen LogP contribution in [0.4, 0.5) is 0 Å². The van der Waals surface area contributed by atoms with Crippen molar-refractivity contribution in [3.05, 3.63) is 62.0 Å². The second-order valence-corrected chi connectivity index (χ2v) is 5.93. The molecule has 0 amide bonds. The van der Waals surface area contributed by atoms with Gasteiger partial charge in [0.25, 0.3) is 0 Å². The molecule has 0 bridgehead atoms. The summed E-state index contributed by atoms with van der Waals surface area (Å²) < 4.78 is 6.89. The van der Waals surface area contributed by atoms with Crippen LogP contribution in [-0.2, 0) is 0 Å². The second kappa shape index (κ2) is 5.88. The first-order chi connectivity index (χ1) is 9.02. The topological polar surface area (TPSA) is 26.3 Å². The van der Waals surface area contributed by atoms with Crippen LogP contribution in [-0.4, -0.2) is 12.9 Å². The normalized spacial score (nSPS) is 10.3. The van der Waals surface area contributed by atoms with Crippen molar-refractivity contribution in [3.8, 4) is 5.75 Å². The van der Waals surface area contributed by atoms with Gasteiger partial charge in [-0.1, -0.05) is 37.9 Å². The van der Waals surface area contributed by atoms with E-state index in [1.165, 1.54) is 0 Å². The number of ether oxygens (including phenoxy) is 1. The van der Waals surface area contributed by atoms with E-state index in [0.717, 1.165) is 14.5 Å². The van der Waals surface area contributed by atoms with E-state index in [-0.39, 0.29) is 5.78 Å². The number of halogens is 2. The molecule has 19 heavy (non-hydrogen) atoms. The molecule has 0 N–H and O–H groups in total. The lowest BCUT2D eigenvalue weighted by Crippen LogP contribution is -2.05. The number of aryl methyl sites for hydroxylation is 1. The van der Waals surface area contributed by atoms with E-state index in [2.05, 4.69) is 31.9 Å². The number of ketones is 1. The third-order valence-electron chi connectivity index (χ3n) is 2.78. The molecule has 2 rings (SSSR count). The van der Waals surface area contributed by atoms with E-state index in [9.17, 15) is 4.79 Å². The number of hydrogen-bond acceptors (Lipinski definition) is 2. The third kappa shape index (κ3) is 3.07. The van der Waals surface area contributed by atoms with E-state index < -0.39 is 0 Å². The molecule has 0 aliphatic carbocycles. The van der Waals surface area contributed by atoms with Gasteiger partial charge in [0.05, 0.1) is 12.7 Å². The zero-order valence-electron chi connectivity index (χ0n) is 10.5. The molecule has 0 radical (unpaired) electrons. The van der Waals surface area contributed by atoms with Crippen LogP contribution in [0.15, 0.2) is 45.3 Å². The smallest absolute Gasteiger partial charge is 0.197 e. The van der Waals surface area contributed by atoms with Crippen molar-refractivity contribution in [2.75, 3.05) is 7.11 Å². The molecular formula is C15H12Br2O2. The summed E-state index contributed by atoms with van der Waals surface area (Å²) in [5, 5.41) is 0. The van der Waals surface area contributed by atoms with Crippen molar-refractivity contribution in [3.63, 3.8) is 0 Å². The standard InChI is InChI=1S/C15H12Br2O2/c1-9-3-5-11(13(17)7-9)15(18)12-8-10(16)4-6-14(12)19-2/h3-8H,1-2H3. The Morgan fingerprint density at radius 2 is 1.79 bits per heavy atom. The maximum atomic E-state index is 12.6. The summed E-state index contributed by atoms with van der Waals surface area (Å²) in [5.74, 6) is 0.505. The van der Waals surface area contributed by atoms with Crippen molar-refractivity contribution in [1.29, 1.82) is 0 Å². The third-order valence-corrected chi connectivity index (χ3v) is 3.92. The summed E-state index contributed by atoms with van der Waals surface area (Å²) in [6, 6.07) is 11.1. The predicted octanol–water partition coefficient (Wildman–Crippen LogP) is 4.76. The highest BCUT2D eigenvalue weighted by molar-refractivity contribution is 9.10. The summed E-state index contributed by atoms with van der Waals surface area (Å²) in [6.07, 6.45) is 0. The van der Waals surface area contributed by atoms with E-state index in [0.29, 0.717) is 16.9 Å². The lowest BCUT2D eigenvalue weighted by Gasteiger charge is -2.09. The summed E-state index contributed by atoms with van der Waals surface area (Å²) in [5.41, 5.74) is 2.27. The molecule has 0 unspecified atom stereocenters. The van der Waals surface area contributed by atoms with Gasteiger partial charge in [0, 0.05) is 14.5 Å². The van der Waals surface area contributed by atoms with Crippen LogP contribution < -0.4 is 4.74 Å². The van der Waals surface area contributed by atoms with Crippen LogP contribution >= 0.6 is 31.9 Å². The van der Waals surface area contributed by atoms with Gasteiger partial charge < -0.3 is 4.74 Å². The Labute approximate surface area is 129 Å². The highest BCUT2D eigenvalue weighted by atomic mass is 79.9. The Morgan fingerprint density at radius 1 is 1.05 bits per heavy atom. The molecular weight excluding hydrogens is 372 g/mol. The molecule has 2 aromatic carbocycles. The van der Waals surface area contributed by atoms with Gasteiger partial charge >= 0.3 is 0 Å². The molecule has 0 atom stereocenters. The van der Waals surface area contributed by atoms with Crippen LogP contribution in [0.3, 0.4) is 0 Å². The van der Waals surface area contributed by atoms with Crippen molar-refractivity contribution in [1.82, 2.24) is 0 Å². The quantitative estimate of drug-likeness (QED) is 0.714. The highest BCUT2D eigenvalue weighted by Crippen LogP contribution is 2.28. The minimum Gasteiger partial charge on any atom is -0.496 e. The van der Waals surface area contributed by atoms with Gasteiger partial charge in [-0.25, -0.2) is 0 Å². The molecule has 2 nitrogen and oxygen atoms in total. The van der Waals surface area contributed by atoms with Gasteiger partial charge in [0.15, 0.2) is 5.78 Å². The Hall–Kier alpha value is -1.13. The second-order valence-electron chi connectivity index (χ2n) is 4.16. The van der Waals surface area contributed by atoms with Crippen LogP contribution in [0.2, 0.25) is 0 Å². The fourth-order valence-electron chi connectivity index (χ4n) is 1.81. The average molecular weight is 384 g/mol. The number of rotatable bonds is 3. The highest BCUT2D eigenvalue weighted by Gasteiger charge is 2.17. The molecule has 0 aromatic heterocycles. The first-order valence-electron chi connectivity index (χ1n) is 5.67. The molecule has 2 aromatic rings. The van der Waals surface area contributed by atoms with Crippen LogP contribution in [0.5, 0.6) is 5.75 Å². The first kappa shape index (κ1) is 14.3. The average Bonchev–Trinajstić information content (AvgIpc) is 2.38. The molecule has 0 fully saturated rings. The van der Waals surface area contributed by atoms with E-state index in [1.54, 1.807) is 19.2 Å². The first-order valence-corrected chi connectivity index (χ1v) is 7.26. The van der Waals surface area contributed by atoms with Crippen molar-refractivity contribution in [2.45, 2.75) is 6.92 Å². The molecule has 98 valence electrons. The van der Waals surface area contributed by atoms with E-state index in [4.69, 9.17) is 4.74 Å². The zero-order chi connectivity index (χ0) is 14.0. The number of hydrogen-bond donors (Lipinski definition) is 0. The lowest BCUT2D eigenvalue weighted by molar-refractivity contribution is 0.103. The Balaban J connectivity index is 2.52. The number of carbonyl (C=O) groups is 1. The molecule has 0 aliphatic heterocycles. The summed E-state index contributed by atoms with van der Waals surface area (Å²) in [4.78, 5) is 12.6. The van der Waals surface area contributed by atoms with Crippen molar-refractivity contribution >= 4 is 37.6 Å². The van der Waals surface area contributed by atoms with E-state index >= 15 is 0 Å². The predicted molar refractivity (Wildman–Crippen MR) is 83.0 cm³/mol.